The molecule has 18 heavy (non-hydrogen) atoms. The van der Waals surface area contributed by atoms with Crippen molar-refractivity contribution in [3.8, 4) is 5.88 Å². The zero-order valence-corrected chi connectivity index (χ0v) is 9.40. The molecule has 0 bridgehead atoms. The van der Waals surface area contributed by atoms with Crippen LogP contribution in [0.1, 0.15) is 23.2 Å². The third-order valence-corrected chi connectivity index (χ3v) is 2.18. The summed E-state index contributed by atoms with van der Waals surface area (Å²) in [5.74, 6) is -1.60. The van der Waals surface area contributed by atoms with E-state index in [2.05, 4.69) is 9.72 Å². The van der Waals surface area contributed by atoms with E-state index in [1.54, 1.807) is 0 Å². The highest BCUT2D eigenvalue weighted by Crippen LogP contribution is 2.33. The minimum atomic E-state index is -5.14. The number of alkyl halides is 6. The molecule has 102 valence electrons. The Labute approximate surface area is 103 Å². The molecule has 0 aliphatic carbocycles. The first kappa shape index (κ1) is 14.9. The molecule has 9 heteroatoms. The van der Waals surface area contributed by atoms with Gasteiger partial charge in [0.05, 0.1) is 23.7 Å². The second-order valence-corrected chi connectivity index (χ2v) is 3.40. The van der Waals surface area contributed by atoms with Gasteiger partial charge in [0.25, 0.3) is 6.43 Å². The first-order valence-electron chi connectivity index (χ1n) is 4.52. The second kappa shape index (κ2) is 5.66. The maximum absolute atomic E-state index is 12.6. The van der Waals surface area contributed by atoms with Crippen LogP contribution in [0.4, 0.5) is 22.0 Å². The molecule has 0 amide bonds. The highest BCUT2D eigenvalue weighted by molar-refractivity contribution is 6.17. The van der Waals surface area contributed by atoms with Gasteiger partial charge in [0.2, 0.25) is 5.88 Å². The molecule has 1 aromatic heterocycles. The average molecular weight is 292 g/mol. The Balaban J connectivity index is 3.29. The van der Waals surface area contributed by atoms with Crippen LogP contribution < -0.4 is 4.74 Å². The molecule has 1 N–H and O–H groups in total. The molecule has 1 heterocycles. The highest BCUT2D eigenvalue weighted by atomic mass is 35.5. The summed E-state index contributed by atoms with van der Waals surface area (Å²) in [6.45, 7) is -0.666. The number of halogens is 6. The van der Waals surface area contributed by atoms with Crippen LogP contribution in [-0.4, -0.2) is 16.5 Å². The first-order chi connectivity index (χ1) is 8.28. The molecule has 0 fully saturated rings. The third-order valence-electron chi connectivity index (χ3n) is 1.93. The Morgan fingerprint density at radius 3 is 2.39 bits per heavy atom. The van der Waals surface area contributed by atoms with E-state index in [-0.39, 0.29) is 17.1 Å². The summed E-state index contributed by atoms with van der Waals surface area (Å²) in [4.78, 5) is 3.25. The third kappa shape index (κ3) is 3.67. The lowest BCUT2D eigenvalue weighted by molar-refractivity contribution is -0.276. The number of hydrogen-bond acceptors (Lipinski definition) is 3. The lowest BCUT2D eigenvalue weighted by Gasteiger charge is -2.14. The maximum atomic E-state index is 12.6. The standard InChI is InChI=1S/C9H7ClF5NO2/c10-2-6-4(3-17)1-5(7(11)12)8(16-6)18-9(13,14)15/h1,7,17H,2-3H2. The van der Waals surface area contributed by atoms with Crippen molar-refractivity contribution in [1.29, 1.82) is 0 Å². The van der Waals surface area contributed by atoms with Crippen LogP contribution in [-0.2, 0) is 12.5 Å². The van der Waals surface area contributed by atoms with Crippen LogP contribution in [0.3, 0.4) is 0 Å². The summed E-state index contributed by atoms with van der Waals surface area (Å²) in [7, 11) is 0. The Kier molecular flexibility index (Phi) is 4.69. The van der Waals surface area contributed by atoms with Gasteiger partial charge in [0.15, 0.2) is 0 Å². The summed E-state index contributed by atoms with van der Waals surface area (Å²) >= 11 is 5.39. The zero-order chi connectivity index (χ0) is 13.9. The van der Waals surface area contributed by atoms with Gasteiger partial charge in [-0.15, -0.1) is 24.8 Å². The molecule has 0 unspecified atom stereocenters. The molecular weight excluding hydrogens is 285 g/mol. The number of hydrogen-bond donors (Lipinski definition) is 1. The number of ether oxygens (including phenoxy) is 1. The fourth-order valence-electron chi connectivity index (χ4n) is 1.19. The van der Waals surface area contributed by atoms with Crippen LogP contribution in [0, 0.1) is 0 Å². The highest BCUT2D eigenvalue weighted by Gasteiger charge is 2.34. The molecule has 0 aliphatic heterocycles. The largest absolute Gasteiger partial charge is 0.574 e. The Morgan fingerprint density at radius 1 is 1.39 bits per heavy atom. The van der Waals surface area contributed by atoms with Gasteiger partial charge < -0.3 is 9.84 Å². The van der Waals surface area contributed by atoms with Gasteiger partial charge in [0.1, 0.15) is 0 Å². The molecule has 0 aliphatic rings. The fraction of sp³-hybridized carbons (Fsp3) is 0.444. The smallest absolute Gasteiger partial charge is 0.392 e. The van der Waals surface area contributed by atoms with Gasteiger partial charge >= 0.3 is 6.36 Å². The molecule has 1 aromatic rings. The van der Waals surface area contributed by atoms with E-state index in [9.17, 15) is 22.0 Å². The molecule has 0 atom stereocenters. The van der Waals surface area contributed by atoms with Gasteiger partial charge in [-0.1, -0.05) is 0 Å². The van der Waals surface area contributed by atoms with E-state index in [1.165, 1.54) is 0 Å². The van der Waals surface area contributed by atoms with Crippen LogP contribution in [0.15, 0.2) is 6.07 Å². The number of pyridine rings is 1. The van der Waals surface area contributed by atoms with Gasteiger partial charge in [-0.3, -0.25) is 0 Å². The molecule has 0 aromatic carbocycles. The number of aliphatic hydroxyl groups is 1. The minimum Gasteiger partial charge on any atom is -0.392 e. The Hall–Kier alpha value is -1.15. The quantitative estimate of drug-likeness (QED) is 0.684. The van der Waals surface area contributed by atoms with E-state index in [1.807, 2.05) is 0 Å². The van der Waals surface area contributed by atoms with E-state index in [4.69, 9.17) is 16.7 Å². The summed E-state index contributed by atoms with van der Waals surface area (Å²) in [5.41, 5.74) is -1.28. The average Bonchev–Trinajstić information content (AvgIpc) is 2.25. The second-order valence-electron chi connectivity index (χ2n) is 3.13. The molecule has 3 nitrogen and oxygen atoms in total. The van der Waals surface area contributed by atoms with Crippen molar-refractivity contribution in [3.05, 3.63) is 22.9 Å². The predicted molar refractivity (Wildman–Crippen MR) is 51.4 cm³/mol. The summed E-state index contributed by atoms with van der Waals surface area (Å²) in [5, 5.41) is 8.87. The van der Waals surface area contributed by atoms with Crippen LogP contribution in [0.5, 0.6) is 5.88 Å². The number of nitrogens with zero attached hydrogens (tertiary/aromatic N) is 1. The minimum absolute atomic E-state index is 0.0742. The monoisotopic (exact) mass is 291 g/mol. The van der Waals surface area contributed by atoms with Crippen molar-refractivity contribution < 1.29 is 31.8 Å². The Morgan fingerprint density at radius 2 is 2.00 bits per heavy atom. The van der Waals surface area contributed by atoms with Crippen LogP contribution in [0.25, 0.3) is 0 Å². The van der Waals surface area contributed by atoms with Gasteiger partial charge in [-0.25, -0.2) is 13.8 Å². The van der Waals surface area contributed by atoms with Gasteiger partial charge in [-0.05, 0) is 6.07 Å². The Bertz CT molecular complexity index is 424. The van der Waals surface area contributed by atoms with Crippen molar-refractivity contribution in [1.82, 2.24) is 4.98 Å². The molecule has 0 saturated heterocycles. The molecule has 0 saturated carbocycles. The van der Waals surface area contributed by atoms with E-state index in [0.29, 0.717) is 6.07 Å². The zero-order valence-electron chi connectivity index (χ0n) is 8.64. The number of aromatic nitrogens is 1. The van der Waals surface area contributed by atoms with Crippen molar-refractivity contribution in [2.75, 3.05) is 0 Å². The lowest BCUT2D eigenvalue weighted by Crippen LogP contribution is -2.20. The topological polar surface area (TPSA) is 42.4 Å². The fourth-order valence-corrected chi connectivity index (χ4v) is 1.42. The molecule has 1 rings (SSSR count). The van der Waals surface area contributed by atoms with Crippen molar-refractivity contribution in [2.24, 2.45) is 0 Å². The summed E-state index contributed by atoms with van der Waals surface area (Å²) < 4.78 is 64.6. The predicted octanol–water partition coefficient (Wildman–Crippen LogP) is 3.15. The normalized spacial score (nSPS) is 12.0. The first-order valence-corrected chi connectivity index (χ1v) is 5.05. The van der Waals surface area contributed by atoms with Crippen molar-refractivity contribution in [3.63, 3.8) is 0 Å². The SMILES string of the molecule is OCc1cc(C(F)F)c(OC(F)(F)F)nc1CCl. The lowest BCUT2D eigenvalue weighted by atomic mass is 10.1. The summed E-state index contributed by atoms with van der Waals surface area (Å²) in [6, 6.07) is 0.691. The molecule has 0 spiro atoms. The number of rotatable bonds is 4. The molecule has 0 radical (unpaired) electrons. The van der Waals surface area contributed by atoms with Gasteiger partial charge in [-0.2, -0.15) is 0 Å². The maximum Gasteiger partial charge on any atom is 0.574 e. The van der Waals surface area contributed by atoms with Crippen LogP contribution >= 0.6 is 11.6 Å². The van der Waals surface area contributed by atoms with Gasteiger partial charge in [0, 0.05) is 5.56 Å². The van der Waals surface area contributed by atoms with Crippen molar-refractivity contribution in [2.45, 2.75) is 25.3 Å². The van der Waals surface area contributed by atoms with E-state index < -0.39 is 30.8 Å². The molecular formula is C9H7ClF5NO2. The van der Waals surface area contributed by atoms with Crippen molar-refractivity contribution >= 4 is 11.6 Å². The van der Waals surface area contributed by atoms with E-state index >= 15 is 0 Å². The number of aliphatic hydroxyl groups excluding tert-OH is 1. The van der Waals surface area contributed by atoms with Crippen LogP contribution in [0.2, 0.25) is 0 Å². The summed E-state index contributed by atoms with van der Waals surface area (Å²) in [6.07, 6.45) is -8.36. The van der Waals surface area contributed by atoms with E-state index in [0.717, 1.165) is 0 Å².